The molecule has 3 rings (SSSR count). The van der Waals surface area contributed by atoms with Gasteiger partial charge in [-0.05, 0) is 30.4 Å². The molecule has 2 aliphatic rings. The van der Waals surface area contributed by atoms with E-state index in [2.05, 4.69) is 13.8 Å². The molecule has 3 amide bonds. The molecule has 0 bridgehead atoms. The van der Waals surface area contributed by atoms with E-state index < -0.39 is 0 Å². The number of piperidine rings is 1. The zero-order chi connectivity index (χ0) is 16.6. The SMILES string of the molecule is C[C@@H]1C[C@H](C)CN(C(=O)CCN2C(=O)c3ccccc3C2=O)C1. The minimum atomic E-state index is -0.293. The number of fused-ring (bicyclic) bond motifs is 1. The van der Waals surface area contributed by atoms with Crippen molar-refractivity contribution < 1.29 is 14.4 Å². The van der Waals surface area contributed by atoms with Crippen LogP contribution in [0.3, 0.4) is 0 Å². The highest BCUT2D eigenvalue weighted by Crippen LogP contribution is 2.24. The minimum absolute atomic E-state index is 0.0277. The Balaban J connectivity index is 1.62. The lowest BCUT2D eigenvalue weighted by atomic mass is 9.92. The molecule has 2 heterocycles. The fourth-order valence-electron chi connectivity index (χ4n) is 3.67. The summed E-state index contributed by atoms with van der Waals surface area (Å²) >= 11 is 0. The Labute approximate surface area is 136 Å². The number of rotatable bonds is 3. The molecule has 0 aromatic heterocycles. The molecule has 2 aliphatic heterocycles. The standard InChI is InChI=1S/C18H22N2O3/c1-12-9-13(2)11-19(10-12)16(21)7-8-20-17(22)14-5-3-4-6-15(14)18(20)23/h3-6,12-13H,7-11H2,1-2H3/t12-,13+. The Morgan fingerprint density at radius 1 is 1.04 bits per heavy atom. The highest BCUT2D eigenvalue weighted by molar-refractivity contribution is 6.21. The highest BCUT2D eigenvalue weighted by Gasteiger charge is 2.35. The first-order chi connectivity index (χ1) is 11.0. The number of hydrogen-bond acceptors (Lipinski definition) is 3. The fraction of sp³-hybridized carbons (Fsp3) is 0.500. The molecule has 0 N–H and O–H groups in total. The van der Waals surface area contributed by atoms with Crippen LogP contribution < -0.4 is 0 Å². The zero-order valence-electron chi connectivity index (χ0n) is 13.6. The van der Waals surface area contributed by atoms with E-state index in [4.69, 9.17) is 0 Å². The summed E-state index contributed by atoms with van der Waals surface area (Å²) < 4.78 is 0. The largest absolute Gasteiger partial charge is 0.342 e. The summed E-state index contributed by atoms with van der Waals surface area (Å²) in [6.45, 7) is 6.00. The van der Waals surface area contributed by atoms with Gasteiger partial charge in [-0.3, -0.25) is 19.3 Å². The quantitative estimate of drug-likeness (QED) is 0.804. The number of carbonyl (C=O) groups excluding carboxylic acids is 3. The molecule has 0 aliphatic carbocycles. The van der Waals surface area contributed by atoms with E-state index in [1.807, 2.05) is 4.90 Å². The first kappa shape index (κ1) is 15.7. The van der Waals surface area contributed by atoms with Gasteiger partial charge >= 0.3 is 0 Å². The van der Waals surface area contributed by atoms with E-state index in [1.165, 1.54) is 4.90 Å². The van der Waals surface area contributed by atoms with Crippen molar-refractivity contribution in [3.8, 4) is 0 Å². The molecule has 5 nitrogen and oxygen atoms in total. The molecule has 5 heteroatoms. The van der Waals surface area contributed by atoms with Gasteiger partial charge in [0.2, 0.25) is 5.91 Å². The summed E-state index contributed by atoms with van der Waals surface area (Å²) in [6.07, 6.45) is 1.34. The van der Waals surface area contributed by atoms with Crippen LogP contribution in [0.4, 0.5) is 0 Å². The van der Waals surface area contributed by atoms with Gasteiger partial charge < -0.3 is 4.90 Å². The molecule has 0 spiro atoms. The van der Waals surface area contributed by atoms with Crippen LogP contribution in [0.15, 0.2) is 24.3 Å². The third-order valence-corrected chi connectivity index (χ3v) is 4.65. The number of imide groups is 1. The van der Waals surface area contributed by atoms with Gasteiger partial charge in [0.05, 0.1) is 11.1 Å². The summed E-state index contributed by atoms with van der Waals surface area (Å²) in [6, 6.07) is 6.81. The second kappa shape index (κ2) is 6.14. The molecule has 0 radical (unpaired) electrons. The Kier molecular flexibility index (Phi) is 4.20. The predicted octanol–water partition coefficient (Wildman–Crippen LogP) is 2.18. The average molecular weight is 314 g/mol. The van der Waals surface area contributed by atoms with Gasteiger partial charge in [0.25, 0.3) is 11.8 Å². The molecule has 1 fully saturated rings. The van der Waals surface area contributed by atoms with Crippen molar-refractivity contribution >= 4 is 17.7 Å². The monoisotopic (exact) mass is 314 g/mol. The number of hydrogen-bond donors (Lipinski definition) is 0. The second-order valence-corrected chi connectivity index (χ2v) is 6.80. The van der Waals surface area contributed by atoms with Gasteiger partial charge in [-0.2, -0.15) is 0 Å². The van der Waals surface area contributed by atoms with Crippen molar-refractivity contribution in [1.29, 1.82) is 0 Å². The predicted molar refractivity (Wildman–Crippen MR) is 86.0 cm³/mol. The van der Waals surface area contributed by atoms with Gasteiger partial charge in [0, 0.05) is 26.1 Å². The maximum atomic E-state index is 12.4. The summed E-state index contributed by atoms with van der Waals surface area (Å²) in [5.74, 6) is 0.446. The van der Waals surface area contributed by atoms with Crippen LogP contribution in [0.2, 0.25) is 0 Å². The van der Waals surface area contributed by atoms with Crippen LogP contribution in [0, 0.1) is 11.8 Å². The summed E-state index contributed by atoms with van der Waals surface area (Å²) in [5, 5.41) is 0. The van der Waals surface area contributed by atoms with Crippen LogP contribution in [-0.2, 0) is 4.79 Å². The smallest absolute Gasteiger partial charge is 0.261 e. The van der Waals surface area contributed by atoms with Crippen LogP contribution in [0.5, 0.6) is 0 Å². The normalized spacial score (nSPS) is 24.1. The molecule has 23 heavy (non-hydrogen) atoms. The number of likely N-dealkylation sites (tertiary alicyclic amines) is 1. The molecular formula is C18H22N2O3. The lowest BCUT2D eigenvalue weighted by molar-refractivity contribution is -0.133. The third-order valence-electron chi connectivity index (χ3n) is 4.65. The van der Waals surface area contributed by atoms with Crippen LogP contribution in [-0.4, -0.2) is 47.2 Å². The fourth-order valence-corrected chi connectivity index (χ4v) is 3.67. The Morgan fingerprint density at radius 2 is 1.57 bits per heavy atom. The van der Waals surface area contributed by atoms with E-state index in [0.29, 0.717) is 23.0 Å². The van der Waals surface area contributed by atoms with Crippen molar-refractivity contribution in [3.05, 3.63) is 35.4 Å². The molecule has 122 valence electrons. The number of nitrogens with zero attached hydrogens (tertiary/aromatic N) is 2. The summed E-state index contributed by atoms with van der Waals surface area (Å²) in [7, 11) is 0. The van der Waals surface area contributed by atoms with Gasteiger partial charge in [0.15, 0.2) is 0 Å². The minimum Gasteiger partial charge on any atom is -0.342 e. The van der Waals surface area contributed by atoms with Crippen molar-refractivity contribution in [1.82, 2.24) is 9.80 Å². The van der Waals surface area contributed by atoms with E-state index in [-0.39, 0.29) is 30.7 Å². The lowest BCUT2D eigenvalue weighted by Crippen LogP contribution is -2.44. The molecule has 0 saturated carbocycles. The summed E-state index contributed by atoms with van der Waals surface area (Å²) in [4.78, 5) is 40.0. The first-order valence-corrected chi connectivity index (χ1v) is 8.20. The number of amides is 3. The van der Waals surface area contributed by atoms with E-state index >= 15 is 0 Å². The Morgan fingerprint density at radius 3 is 2.09 bits per heavy atom. The van der Waals surface area contributed by atoms with Crippen LogP contribution >= 0.6 is 0 Å². The van der Waals surface area contributed by atoms with Crippen molar-refractivity contribution in [3.63, 3.8) is 0 Å². The number of benzene rings is 1. The lowest BCUT2D eigenvalue weighted by Gasteiger charge is -2.35. The highest BCUT2D eigenvalue weighted by atomic mass is 16.2. The van der Waals surface area contributed by atoms with Crippen molar-refractivity contribution in [2.75, 3.05) is 19.6 Å². The Hall–Kier alpha value is -2.17. The van der Waals surface area contributed by atoms with Gasteiger partial charge in [-0.15, -0.1) is 0 Å². The molecule has 1 aromatic carbocycles. The Bertz CT molecular complexity index is 610. The van der Waals surface area contributed by atoms with Crippen molar-refractivity contribution in [2.24, 2.45) is 11.8 Å². The molecule has 2 atom stereocenters. The second-order valence-electron chi connectivity index (χ2n) is 6.80. The maximum absolute atomic E-state index is 12.4. The van der Waals surface area contributed by atoms with Crippen molar-refractivity contribution in [2.45, 2.75) is 26.7 Å². The van der Waals surface area contributed by atoms with E-state index in [9.17, 15) is 14.4 Å². The van der Waals surface area contributed by atoms with Gasteiger partial charge in [-0.25, -0.2) is 0 Å². The van der Waals surface area contributed by atoms with Crippen LogP contribution in [0.25, 0.3) is 0 Å². The van der Waals surface area contributed by atoms with E-state index in [0.717, 1.165) is 19.5 Å². The third kappa shape index (κ3) is 3.00. The number of carbonyl (C=O) groups is 3. The van der Waals surface area contributed by atoms with E-state index in [1.54, 1.807) is 24.3 Å². The van der Waals surface area contributed by atoms with Crippen LogP contribution in [0.1, 0.15) is 47.4 Å². The molecule has 0 unspecified atom stereocenters. The topological polar surface area (TPSA) is 57.7 Å². The molecule has 1 aromatic rings. The summed E-state index contributed by atoms with van der Waals surface area (Å²) in [5.41, 5.74) is 0.871. The zero-order valence-corrected chi connectivity index (χ0v) is 13.6. The van der Waals surface area contributed by atoms with Gasteiger partial charge in [-0.1, -0.05) is 26.0 Å². The average Bonchev–Trinajstić information content (AvgIpc) is 2.76. The first-order valence-electron chi connectivity index (χ1n) is 8.20. The molecule has 1 saturated heterocycles. The van der Waals surface area contributed by atoms with Gasteiger partial charge in [0.1, 0.15) is 0 Å². The molecular weight excluding hydrogens is 292 g/mol. The maximum Gasteiger partial charge on any atom is 0.261 e.